The average Bonchev–Trinajstić information content (AvgIpc) is 3.41. The van der Waals surface area contributed by atoms with Crippen LogP contribution in [0.5, 0.6) is 5.75 Å². The van der Waals surface area contributed by atoms with Gasteiger partial charge in [-0.1, -0.05) is 0 Å². The van der Waals surface area contributed by atoms with Crippen molar-refractivity contribution in [2.24, 2.45) is 10.2 Å². The van der Waals surface area contributed by atoms with Gasteiger partial charge < -0.3 is 14.8 Å². The van der Waals surface area contributed by atoms with Crippen molar-refractivity contribution in [2.75, 3.05) is 18.5 Å². The molecule has 164 valence electrons. The Kier molecular flexibility index (Phi) is 5.99. The first kappa shape index (κ1) is 20.7. The lowest BCUT2D eigenvalue weighted by molar-refractivity contribution is 0.0254. The number of nitrogens with zero attached hydrogens (tertiary/aromatic N) is 6. The lowest BCUT2D eigenvalue weighted by Crippen LogP contribution is -2.26. The van der Waals surface area contributed by atoms with Gasteiger partial charge in [-0.15, -0.1) is 0 Å². The van der Waals surface area contributed by atoms with E-state index in [1.165, 1.54) is 0 Å². The smallest absolute Gasteiger partial charge is 0.227 e. The van der Waals surface area contributed by atoms with Crippen molar-refractivity contribution in [2.45, 2.75) is 24.9 Å². The summed E-state index contributed by atoms with van der Waals surface area (Å²) in [7, 11) is 0. The standard InChI is InChI=1S/C24H21N7O2/c25-12-17-11-16(1-4-23(17)33-20-6-9-32-10-7-20)22-5-8-26-24(31-22)30-19-2-3-21(27-15-19)18-13-28-29-14-18/h1-5,8,11,13-15,18,20H,6-7,9-10H2,(H,26,30,31). The normalized spacial score (nSPS) is 16.0. The molecule has 0 atom stereocenters. The number of nitriles is 1. The van der Waals surface area contributed by atoms with Gasteiger partial charge >= 0.3 is 0 Å². The van der Waals surface area contributed by atoms with Crippen LogP contribution < -0.4 is 10.1 Å². The summed E-state index contributed by atoms with van der Waals surface area (Å²) in [6.45, 7) is 1.37. The molecule has 1 fully saturated rings. The van der Waals surface area contributed by atoms with Gasteiger partial charge in [-0.05, 0) is 36.4 Å². The van der Waals surface area contributed by atoms with E-state index in [9.17, 15) is 5.26 Å². The van der Waals surface area contributed by atoms with Gasteiger partial charge in [0.25, 0.3) is 0 Å². The van der Waals surface area contributed by atoms with Gasteiger partial charge in [0, 0.05) is 37.0 Å². The number of hydrogen-bond acceptors (Lipinski definition) is 9. The second-order valence-corrected chi connectivity index (χ2v) is 7.67. The first-order chi connectivity index (χ1) is 16.3. The number of anilines is 2. The van der Waals surface area contributed by atoms with Crippen LogP contribution in [0.25, 0.3) is 11.3 Å². The number of ether oxygens (including phenoxy) is 2. The second kappa shape index (κ2) is 9.54. The van der Waals surface area contributed by atoms with E-state index in [-0.39, 0.29) is 12.0 Å². The van der Waals surface area contributed by atoms with Crippen molar-refractivity contribution in [1.82, 2.24) is 15.0 Å². The van der Waals surface area contributed by atoms with Crippen LogP contribution >= 0.6 is 0 Å². The zero-order chi connectivity index (χ0) is 22.5. The Morgan fingerprint density at radius 3 is 2.64 bits per heavy atom. The van der Waals surface area contributed by atoms with Gasteiger partial charge in [0.05, 0.1) is 48.0 Å². The highest BCUT2D eigenvalue weighted by Gasteiger charge is 2.18. The maximum Gasteiger partial charge on any atom is 0.227 e. The number of aromatic nitrogens is 3. The van der Waals surface area contributed by atoms with Gasteiger partial charge in [0.2, 0.25) is 5.95 Å². The fraction of sp³-hybridized carbons (Fsp3) is 0.250. The molecule has 1 aromatic carbocycles. The van der Waals surface area contributed by atoms with Crippen molar-refractivity contribution >= 4 is 24.1 Å². The van der Waals surface area contributed by atoms with Crippen molar-refractivity contribution in [3.63, 3.8) is 0 Å². The first-order valence-corrected chi connectivity index (χ1v) is 10.7. The summed E-state index contributed by atoms with van der Waals surface area (Å²) in [5, 5.41) is 20.5. The fourth-order valence-corrected chi connectivity index (χ4v) is 3.65. The van der Waals surface area contributed by atoms with Crippen molar-refractivity contribution in [1.29, 1.82) is 5.26 Å². The molecule has 5 rings (SSSR count). The molecule has 0 spiro atoms. The minimum atomic E-state index is 0.00589. The van der Waals surface area contributed by atoms with Crippen LogP contribution in [0, 0.1) is 11.3 Å². The molecular formula is C24H21N7O2. The van der Waals surface area contributed by atoms with Crippen LogP contribution in [-0.2, 0) is 4.74 Å². The van der Waals surface area contributed by atoms with E-state index < -0.39 is 0 Å². The third kappa shape index (κ3) is 4.86. The van der Waals surface area contributed by atoms with Gasteiger partial charge in [0.1, 0.15) is 17.9 Å². The van der Waals surface area contributed by atoms with Gasteiger partial charge in [-0.25, -0.2) is 9.97 Å². The van der Waals surface area contributed by atoms with Crippen molar-refractivity contribution in [3.05, 3.63) is 60.0 Å². The zero-order valence-electron chi connectivity index (χ0n) is 17.8. The SMILES string of the molecule is N#Cc1cc(-c2ccnc(Nc3ccc(C4C=NN=C4)nc3)n2)ccc1OC1CCOCC1. The summed E-state index contributed by atoms with van der Waals surface area (Å²) >= 11 is 0. The molecule has 2 aromatic heterocycles. The molecule has 0 aliphatic carbocycles. The van der Waals surface area contributed by atoms with Crippen molar-refractivity contribution < 1.29 is 9.47 Å². The molecule has 0 amide bonds. The molecule has 0 bridgehead atoms. The molecule has 0 saturated carbocycles. The van der Waals surface area contributed by atoms with E-state index >= 15 is 0 Å². The van der Waals surface area contributed by atoms with E-state index in [2.05, 4.69) is 36.5 Å². The lowest BCUT2D eigenvalue weighted by atomic mass is 10.1. The van der Waals surface area contributed by atoms with E-state index in [1.807, 2.05) is 24.3 Å². The first-order valence-electron chi connectivity index (χ1n) is 10.7. The number of nitrogens with one attached hydrogen (secondary N) is 1. The molecule has 4 heterocycles. The average molecular weight is 439 g/mol. The monoisotopic (exact) mass is 439 g/mol. The molecule has 0 radical (unpaired) electrons. The molecule has 9 nitrogen and oxygen atoms in total. The molecule has 2 aliphatic rings. The van der Waals surface area contributed by atoms with E-state index in [4.69, 9.17) is 9.47 Å². The van der Waals surface area contributed by atoms with E-state index in [1.54, 1.807) is 37.0 Å². The Balaban J connectivity index is 1.31. The van der Waals surface area contributed by atoms with Crippen molar-refractivity contribution in [3.8, 4) is 23.1 Å². The molecule has 33 heavy (non-hydrogen) atoms. The van der Waals surface area contributed by atoms with Gasteiger partial charge in [-0.2, -0.15) is 15.5 Å². The summed E-state index contributed by atoms with van der Waals surface area (Å²) in [5.74, 6) is 1.03. The number of hydrogen-bond donors (Lipinski definition) is 1. The van der Waals surface area contributed by atoms with Gasteiger partial charge in [0.15, 0.2) is 0 Å². The van der Waals surface area contributed by atoms with Crippen LogP contribution in [0.15, 0.2) is 59.0 Å². The molecular weight excluding hydrogens is 418 g/mol. The number of benzene rings is 1. The van der Waals surface area contributed by atoms with E-state index in [0.29, 0.717) is 36.2 Å². The number of pyridine rings is 1. The summed E-state index contributed by atoms with van der Waals surface area (Å²) in [4.78, 5) is 13.4. The Morgan fingerprint density at radius 2 is 1.88 bits per heavy atom. The third-order valence-electron chi connectivity index (χ3n) is 5.42. The molecule has 9 heteroatoms. The fourth-order valence-electron chi connectivity index (χ4n) is 3.65. The highest BCUT2D eigenvalue weighted by Crippen LogP contribution is 2.28. The Bertz CT molecular complexity index is 1220. The summed E-state index contributed by atoms with van der Waals surface area (Å²) in [5.41, 5.74) is 3.62. The molecule has 1 N–H and O–H groups in total. The van der Waals surface area contributed by atoms with Crippen LogP contribution in [0.2, 0.25) is 0 Å². The Labute approximate surface area is 190 Å². The van der Waals surface area contributed by atoms with Crippen LogP contribution in [0.4, 0.5) is 11.6 Å². The summed E-state index contributed by atoms with van der Waals surface area (Å²) in [6, 6.07) is 13.4. The van der Waals surface area contributed by atoms with Crippen LogP contribution in [0.1, 0.15) is 30.0 Å². The number of rotatable bonds is 6. The molecule has 1 saturated heterocycles. The predicted octanol–water partition coefficient (Wildman–Crippen LogP) is 3.87. The van der Waals surface area contributed by atoms with Crippen LogP contribution in [0.3, 0.4) is 0 Å². The van der Waals surface area contributed by atoms with E-state index in [0.717, 1.165) is 29.8 Å². The topological polar surface area (TPSA) is 118 Å². The predicted molar refractivity (Wildman–Crippen MR) is 124 cm³/mol. The molecule has 3 aromatic rings. The molecule has 0 unspecified atom stereocenters. The molecule has 2 aliphatic heterocycles. The summed E-state index contributed by atoms with van der Waals surface area (Å²) < 4.78 is 11.4. The lowest BCUT2D eigenvalue weighted by Gasteiger charge is -2.23. The highest BCUT2D eigenvalue weighted by molar-refractivity contribution is 5.92. The highest BCUT2D eigenvalue weighted by atomic mass is 16.5. The maximum atomic E-state index is 9.65. The third-order valence-corrected chi connectivity index (χ3v) is 5.42. The quantitative estimate of drug-likeness (QED) is 0.619. The minimum Gasteiger partial charge on any atom is -0.489 e. The maximum absolute atomic E-state index is 9.65. The Morgan fingerprint density at radius 1 is 1.03 bits per heavy atom. The minimum absolute atomic E-state index is 0.00589. The summed E-state index contributed by atoms with van der Waals surface area (Å²) in [6.07, 6.45) is 8.61. The van der Waals surface area contributed by atoms with Gasteiger partial charge in [-0.3, -0.25) is 4.98 Å². The van der Waals surface area contributed by atoms with Crippen LogP contribution in [-0.4, -0.2) is 46.7 Å². The second-order valence-electron chi connectivity index (χ2n) is 7.67. The largest absolute Gasteiger partial charge is 0.489 e. The zero-order valence-corrected chi connectivity index (χ0v) is 17.8. The Hall–Kier alpha value is -4.16.